The molecule has 1 aromatic carbocycles. The smallest absolute Gasteiger partial charge is 0.164 e. The first-order valence-electron chi connectivity index (χ1n) is 7.24. The Kier molecular flexibility index (Phi) is 5.58. The van der Waals surface area contributed by atoms with Crippen molar-refractivity contribution >= 4 is 17.4 Å². The monoisotopic (exact) mass is 294 g/mol. The Morgan fingerprint density at radius 3 is 2.70 bits per heavy atom. The largest absolute Gasteiger partial charge is 0.304 e. The van der Waals surface area contributed by atoms with Crippen LogP contribution in [-0.2, 0) is 0 Å². The highest BCUT2D eigenvalue weighted by molar-refractivity contribution is 6.30. The molecule has 0 aliphatic carbocycles. The molecule has 1 saturated heterocycles. The van der Waals surface area contributed by atoms with E-state index in [1.807, 2.05) is 0 Å². The Balaban J connectivity index is 1.76. The van der Waals surface area contributed by atoms with Gasteiger partial charge >= 0.3 is 0 Å². The molecule has 0 bridgehead atoms. The lowest BCUT2D eigenvalue weighted by atomic mass is 10.1. The minimum atomic E-state index is 0.188. The molecule has 1 atom stereocenters. The number of hydrogen-bond donors (Lipinski definition) is 0. The van der Waals surface area contributed by atoms with Crippen molar-refractivity contribution in [2.24, 2.45) is 0 Å². The zero-order chi connectivity index (χ0) is 14.5. The van der Waals surface area contributed by atoms with Crippen molar-refractivity contribution in [3.8, 4) is 0 Å². The third kappa shape index (κ3) is 4.30. The van der Waals surface area contributed by atoms with Gasteiger partial charge in [-0.1, -0.05) is 11.6 Å². The van der Waals surface area contributed by atoms with E-state index in [1.165, 1.54) is 19.4 Å². The summed E-state index contributed by atoms with van der Waals surface area (Å²) in [7, 11) is 4.28. The molecule has 1 aliphatic heterocycles. The van der Waals surface area contributed by atoms with Gasteiger partial charge in [0.2, 0.25) is 0 Å². The highest BCUT2D eigenvalue weighted by atomic mass is 35.5. The van der Waals surface area contributed by atoms with E-state index in [-0.39, 0.29) is 5.78 Å². The molecular weight excluding hydrogens is 272 g/mol. The van der Waals surface area contributed by atoms with Crippen molar-refractivity contribution in [1.82, 2.24) is 9.80 Å². The van der Waals surface area contributed by atoms with E-state index in [0.717, 1.165) is 18.7 Å². The third-order valence-corrected chi connectivity index (χ3v) is 4.33. The fourth-order valence-corrected chi connectivity index (χ4v) is 2.86. The number of ketones is 1. The highest BCUT2D eigenvalue weighted by Gasteiger charge is 2.22. The van der Waals surface area contributed by atoms with E-state index in [0.29, 0.717) is 17.5 Å². The number of carbonyl (C=O) groups excluding carboxylic acids is 1. The third-order valence-electron chi connectivity index (χ3n) is 4.08. The van der Waals surface area contributed by atoms with Crippen molar-refractivity contribution in [3.63, 3.8) is 0 Å². The van der Waals surface area contributed by atoms with E-state index < -0.39 is 0 Å². The van der Waals surface area contributed by atoms with Crippen molar-refractivity contribution in [2.45, 2.75) is 25.3 Å². The molecule has 4 heteroatoms. The number of likely N-dealkylation sites (N-methyl/N-ethyl adjacent to an activating group) is 2. The van der Waals surface area contributed by atoms with Gasteiger partial charge in [-0.15, -0.1) is 0 Å². The van der Waals surface area contributed by atoms with Crippen LogP contribution in [-0.4, -0.2) is 55.4 Å². The summed E-state index contributed by atoms with van der Waals surface area (Å²) in [6.07, 6.45) is 3.12. The summed E-state index contributed by atoms with van der Waals surface area (Å²) in [6, 6.07) is 7.79. The van der Waals surface area contributed by atoms with Crippen LogP contribution in [0.4, 0.5) is 0 Å². The summed E-state index contributed by atoms with van der Waals surface area (Å²) in [5, 5.41) is 0.669. The molecule has 0 saturated carbocycles. The minimum absolute atomic E-state index is 0.188. The van der Waals surface area contributed by atoms with Gasteiger partial charge in [0, 0.05) is 36.1 Å². The second-order valence-corrected chi connectivity index (χ2v) is 6.16. The summed E-state index contributed by atoms with van der Waals surface area (Å²) in [5.74, 6) is 0.188. The van der Waals surface area contributed by atoms with E-state index in [2.05, 4.69) is 23.9 Å². The van der Waals surface area contributed by atoms with Crippen LogP contribution in [0.1, 0.15) is 29.6 Å². The predicted octanol–water partition coefficient (Wildman–Crippen LogP) is 2.94. The molecule has 0 N–H and O–H groups in total. The Morgan fingerprint density at radius 2 is 2.10 bits per heavy atom. The molecule has 1 fully saturated rings. The Bertz CT molecular complexity index is 446. The quantitative estimate of drug-likeness (QED) is 0.754. The van der Waals surface area contributed by atoms with Crippen LogP contribution in [0.5, 0.6) is 0 Å². The fourth-order valence-electron chi connectivity index (χ4n) is 2.73. The van der Waals surface area contributed by atoms with Crippen molar-refractivity contribution in [3.05, 3.63) is 34.9 Å². The zero-order valence-electron chi connectivity index (χ0n) is 12.3. The molecule has 1 aromatic rings. The number of nitrogens with zero attached hydrogens (tertiary/aromatic N) is 2. The minimum Gasteiger partial charge on any atom is -0.304 e. The second kappa shape index (κ2) is 7.21. The summed E-state index contributed by atoms with van der Waals surface area (Å²) in [5.41, 5.74) is 0.751. The number of rotatable bonds is 6. The lowest BCUT2D eigenvalue weighted by Crippen LogP contribution is -2.37. The Labute approximate surface area is 126 Å². The number of halogens is 1. The molecule has 1 aliphatic rings. The second-order valence-electron chi connectivity index (χ2n) is 5.72. The number of likely N-dealkylation sites (tertiary alicyclic amines) is 1. The Hall–Kier alpha value is -0.900. The van der Waals surface area contributed by atoms with Crippen LogP contribution in [0.2, 0.25) is 5.02 Å². The van der Waals surface area contributed by atoms with Crippen molar-refractivity contribution in [2.75, 3.05) is 33.7 Å². The number of carbonyl (C=O) groups is 1. The van der Waals surface area contributed by atoms with Gasteiger partial charge in [0.15, 0.2) is 5.78 Å². The molecule has 0 amide bonds. The van der Waals surface area contributed by atoms with Crippen LogP contribution < -0.4 is 0 Å². The molecule has 0 radical (unpaired) electrons. The first kappa shape index (κ1) is 15.5. The standard InChI is InChI=1S/C16H23ClN2O/c1-18(12-15-4-3-10-19(15)2)11-9-16(20)13-5-7-14(17)8-6-13/h5-8,15H,3-4,9-12H2,1-2H3. The number of hydrogen-bond acceptors (Lipinski definition) is 3. The molecule has 3 nitrogen and oxygen atoms in total. The van der Waals surface area contributed by atoms with E-state index in [9.17, 15) is 4.79 Å². The molecule has 0 spiro atoms. The average molecular weight is 295 g/mol. The lowest BCUT2D eigenvalue weighted by molar-refractivity contribution is 0.0964. The van der Waals surface area contributed by atoms with E-state index in [1.54, 1.807) is 24.3 Å². The van der Waals surface area contributed by atoms with Crippen molar-refractivity contribution in [1.29, 1.82) is 0 Å². The molecule has 20 heavy (non-hydrogen) atoms. The zero-order valence-corrected chi connectivity index (χ0v) is 13.1. The van der Waals surface area contributed by atoms with Gasteiger partial charge in [0.05, 0.1) is 0 Å². The summed E-state index contributed by atoms with van der Waals surface area (Å²) < 4.78 is 0. The first-order valence-corrected chi connectivity index (χ1v) is 7.61. The molecule has 2 rings (SSSR count). The maximum absolute atomic E-state index is 12.1. The maximum Gasteiger partial charge on any atom is 0.164 e. The van der Waals surface area contributed by atoms with Crippen LogP contribution >= 0.6 is 11.6 Å². The summed E-state index contributed by atoms with van der Waals surface area (Å²) in [4.78, 5) is 16.8. The normalized spacial score (nSPS) is 19.7. The van der Waals surface area contributed by atoms with Gasteiger partial charge in [-0.05, 0) is 57.7 Å². The van der Waals surface area contributed by atoms with Crippen LogP contribution in [0.25, 0.3) is 0 Å². The van der Waals surface area contributed by atoms with Gasteiger partial charge < -0.3 is 9.80 Å². The molecule has 110 valence electrons. The predicted molar refractivity (Wildman–Crippen MR) is 83.5 cm³/mol. The molecular formula is C16H23ClN2O. The number of Topliss-reactive ketones (excluding diaryl/α,β-unsaturated/α-hetero) is 1. The van der Waals surface area contributed by atoms with Gasteiger partial charge in [-0.25, -0.2) is 0 Å². The van der Waals surface area contributed by atoms with Crippen LogP contribution in [0.15, 0.2) is 24.3 Å². The van der Waals surface area contributed by atoms with E-state index >= 15 is 0 Å². The Morgan fingerprint density at radius 1 is 1.40 bits per heavy atom. The van der Waals surface area contributed by atoms with Crippen molar-refractivity contribution < 1.29 is 4.79 Å². The number of benzene rings is 1. The molecule has 1 unspecified atom stereocenters. The van der Waals surface area contributed by atoms with Gasteiger partial charge in [-0.3, -0.25) is 4.79 Å². The van der Waals surface area contributed by atoms with Gasteiger partial charge in [0.1, 0.15) is 0 Å². The first-order chi connectivity index (χ1) is 9.56. The molecule has 1 heterocycles. The van der Waals surface area contributed by atoms with Gasteiger partial charge in [0.25, 0.3) is 0 Å². The van der Waals surface area contributed by atoms with Crippen LogP contribution in [0, 0.1) is 0 Å². The topological polar surface area (TPSA) is 23.6 Å². The maximum atomic E-state index is 12.1. The summed E-state index contributed by atoms with van der Waals surface area (Å²) in [6.45, 7) is 3.05. The summed E-state index contributed by atoms with van der Waals surface area (Å²) >= 11 is 5.83. The highest BCUT2D eigenvalue weighted by Crippen LogP contribution is 2.16. The molecule has 0 aromatic heterocycles. The average Bonchev–Trinajstić information content (AvgIpc) is 2.82. The van der Waals surface area contributed by atoms with Crippen LogP contribution in [0.3, 0.4) is 0 Å². The SMILES string of the molecule is CN(CCC(=O)c1ccc(Cl)cc1)CC1CCCN1C. The van der Waals surface area contributed by atoms with Gasteiger partial charge in [-0.2, -0.15) is 0 Å². The fraction of sp³-hybridized carbons (Fsp3) is 0.562. The lowest BCUT2D eigenvalue weighted by Gasteiger charge is -2.25. The van der Waals surface area contributed by atoms with E-state index in [4.69, 9.17) is 11.6 Å².